The number of aromatic amines is 1. The maximum Gasteiger partial charge on any atom is 0.345 e. The number of aryl methyl sites for hydroxylation is 2. The molecule has 0 saturated heterocycles. The normalized spacial score (nSPS) is 9.77. The van der Waals surface area contributed by atoms with Gasteiger partial charge >= 0.3 is 11.7 Å². The van der Waals surface area contributed by atoms with E-state index in [0.29, 0.717) is 17.1 Å². The van der Waals surface area contributed by atoms with Crippen LogP contribution in [0.15, 0.2) is 4.79 Å². The van der Waals surface area contributed by atoms with Gasteiger partial charge in [0.25, 0.3) is 0 Å². The van der Waals surface area contributed by atoms with Crippen LogP contribution in [-0.2, 0) is 4.79 Å². The number of ether oxygens (including phenoxy) is 1. The molecule has 1 aromatic rings. The molecular weight excluding hydrogens is 172 g/mol. The van der Waals surface area contributed by atoms with Crippen molar-refractivity contribution in [2.24, 2.45) is 0 Å². The Kier molecular flexibility index (Phi) is 2.46. The largest absolute Gasteiger partial charge is 0.423 e. The second-order valence-electron chi connectivity index (χ2n) is 2.68. The van der Waals surface area contributed by atoms with E-state index < -0.39 is 11.7 Å². The number of hydrogen-bond donors (Lipinski definition) is 1. The van der Waals surface area contributed by atoms with E-state index in [0.717, 1.165) is 0 Å². The summed E-state index contributed by atoms with van der Waals surface area (Å²) in [5.74, 6) is -0.104. The van der Waals surface area contributed by atoms with Crippen LogP contribution in [0.2, 0.25) is 0 Å². The maximum absolute atomic E-state index is 10.8. The van der Waals surface area contributed by atoms with Crippen molar-refractivity contribution in [3.8, 4) is 5.75 Å². The highest BCUT2D eigenvalue weighted by Gasteiger charge is 2.08. The predicted octanol–water partition coefficient (Wildman–Crippen LogP) is 0.312. The van der Waals surface area contributed by atoms with E-state index in [1.165, 1.54) is 6.92 Å². The van der Waals surface area contributed by atoms with E-state index in [9.17, 15) is 9.59 Å². The minimum atomic E-state index is -0.439. The fourth-order valence-corrected chi connectivity index (χ4v) is 1.01. The molecule has 70 valence electrons. The third-order valence-corrected chi connectivity index (χ3v) is 1.48. The van der Waals surface area contributed by atoms with E-state index >= 15 is 0 Å². The summed E-state index contributed by atoms with van der Waals surface area (Å²) in [6.07, 6.45) is 0. The Bertz CT molecular complexity index is 369. The zero-order valence-electron chi connectivity index (χ0n) is 7.67. The summed E-state index contributed by atoms with van der Waals surface area (Å²) in [7, 11) is 0. The first kappa shape index (κ1) is 9.44. The van der Waals surface area contributed by atoms with Gasteiger partial charge in [-0.2, -0.15) is 4.98 Å². The molecule has 1 N–H and O–H groups in total. The van der Waals surface area contributed by atoms with Crippen molar-refractivity contribution in [3.05, 3.63) is 21.9 Å². The molecule has 0 aliphatic heterocycles. The summed E-state index contributed by atoms with van der Waals surface area (Å²) >= 11 is 0. The first-order valence-corrected chi connectivity index (χ1v) is 3.76. The van der Waals surface area contributed by atoms with Gasteiger partial charge in [-0.25, -0.2) is 4.79 Å². The number of hydrogen-bond acceptors (Lipinski definition) is 4. The molecule has 1 rings (SSSR count). The summed E-state index contributed by atoms with van der Waals surface area (Å²) in [6.45, 7) is 4.55. The van der Waals surface area contributed by atoms with Gasteiger partial charge in [0.2, 0.25) is 0 Å². The topological polar surface area (TPSA) is 72.0 Å². The lowest BCUT2D eigenvalue weighted by molar-refractivity contribution is -0.132. The quantitative estimate of drug-likeness (QED) is 0.634. The minimum absolute atomic E-state index is 0.326. The molecule has 5 heteroatoms. The van der Waals surface area contributed by atoms with Crippen molar-refractivity contribution in [2.45, 2.75) is 20.8 Å². The van der Waals surface area contributed by atoms with Crippen LogP contribution in [0.3, 0.4) is 0 Å². The van der Waals surface area contributed by atoms with Crippen LogP contribution < -0.4 is 10.4 Å². The van der Waals surface area contributed by atoms with E-state index in [1.54, 1.807) is 13.8 Å². The lowest BCUT2D eigenvalue weighted by Gasteiger charge is -2.06. The van der Waals surface area contributed by atoms with Gasteiger partial charge in [0.15, 0.2) is 5.75 Å². The van der Waals surface area contributed by atoms with E-state index in [-0.39, 0.29) is 0 Å². The maximum atomic E-state index is 10.8. The van der Waals surface area contributed by atoms with E-state index in [2.05, 4.69) is 9.97 Å². The molecule has 0 aromatic carbocycles. The van der Waals surface area contributed by atoms with Gasteiger partial charge in [-0.15, -0.1) is 0 Å². The predicted molar refractivity (Wildman–Crippen MR) is 45.6 cm³/mol. The van der Waals surface area contributed by atoms with Crippen LogP contribution in [0, 0.1) is 13.8 Å². The van der Waals surface area contributed by atoms with Crippen molar-refractivity contribution in [1.82, 2.24) is 9.97 Å². The number of aromatic nitrogens is 2. The third kappa shape index (κ3) is 2.14. The highest BCUT2D eigenvalue weighted by atomic mass is 16.5. The van der Waals surface area contributed by atoms with Crippen LogP contribution in [-0.4, -0.2) is 15.9 Å². The Labute approximate surface area is 74.8 Å². The fourth-order valence-electron chi connectivity index (χ4n) is 1.01. The average molecular weight is 182 g/mol. The Morgan fingerprint density at radius 3 is 2.54 bits per heavy atom. The van der Waals surface area contributed by atoms with E-state index in [1.807, 2.05) is 0 Å². The Hall–Kier alpha value is -1.65. The number of H-pyrrole nitrogens is 1. The van der Waals surface area contributed by atoms with Gasteiger partial charge in [-0.05, 0) is 13.8 Å². The SMILES string of the molecule is CC(=O)Oc1c(C)nc(=O)[nH]c1C. The molecule has 0 spiro atoms. The molecule has 0 unspecified atom stereocenters. The molecule has 1 aromatic heterocycles. The summed E-state index contributed by atoms with van der Waals surface area (Å²) in [5.41, 5.74) is 0.482. The Morgan fingerprint density at radius 1 is 1.46 bits per heavy atom. The molecule has 0 aliphatic carbocycles. The average Bonchev–Trinajstić information content (AvgIpc) is 1.96. The number of rotatable bonds is 1. The first-order valence-electron chi connectivity index (χ1n) is 3.76. The molecule has 1 heterocycles. The van der Waals surface area contributed by atoms with Gasteiger partial charge in [0.1, 0.15) is 0 Å². The third-order valence-electron chi connectivity index (χ3n) is 1.48. The number of nitrogens with zero attached hydrogens (tertiary/aromatic N) is 1. The van der Waals surface area contributed by atoms with Gasteiger partial charge < -0.3 is 9.72 Å². The van der Waals surface area contributed by atoms with Crippen LogP contribution in [0.4, 0.5) is 0 Å². The number of carbonyl (C=O) groups excluding carboxylic acids is 1. The molecule has 5 nitrogen and oxygen atoms in total. The first-order chi connectivity index (χ1) is 6.00. The zero-order chi connectivity index (χ0) is 10.0. The van der Waals surface area contributed by atoms with Gasteiger partial charge in [-0.3, -0.25) is 4.79 Å². The Morgan fingerprint density at radius 2 is 2.08 bits per heavy atom. The number of carbonyl (C=O) groups is 1. The summed E-state index contributed by atoms with van der Waals surface area (Å²) in [6, 6.07) is 0. The van der Waals surface area contributed by atoms with Crippen molar-refractivity contribution >= 4 is 5.97 Å². The molecule has 0 bridgehead atoms. The molecule has 0 atom stereocenters. The lowest BCUT2D eigenvalue weighted by atomic mass is 10.3. The van der Waals surface area contributed by atoms with Gasteiger partial charge in [0.05, 0.1) is 11.4 Å². The molecule has 0 fully saturated rings. The molecule has 0 saturated carbocycles. The second-order valence-corrected chi connectivity index (χ2v) is 2.68. The summed E-state index contributed by atoms with van der Waals surface area (Å²) in [4.78, 5) is 27.5. The van der Waals surface area contributed by atoms with Crippen molar-refractivity contribution in [2.75, 3.05) is 0 Å². The lowest BCUT2D eigenvalue weighted by Crippen LogP contribution is -2.16. The molecule has 0 amide bonds. The van der Waals surface area contributed by atoms with Crippen molar-refractivity contribution in [3.63, 3.8) is 0 Å². The number of esters is 1. The molecule has 13 heavy (non-hydrogen) atoms. The summed E-state index contributed by atoms with van der Waals surface area (Å²) in [5, 5.41) is 0. The summed E-state index contributed by atoms with van der Waals surface area (Å²) < 4.78 is 4.86. The van der Waals surface area contributed by atoms with Crippen LogP contribution in [0.1, 0.15) is 18.3 Å². The Balaban J connectivity index is 3.20. The van der Waals surface area contributed by atoms with Crippen molar-refractivity contribution < 1.29 is 9.53 Å². The number of nitrogens with one attached hydrogen (secondary N) is 1. The highest BCUT2D eigenvalue weighted by Crippen LogP contribution is 2.16. The van der Waals surface area contributed by atoms with Crippen molar-refractivity contribution in [1.29, 1.82) is 0 Å². The molecule has 0 radical (unpaired) electrons. The molecule has 0 aliphatic rings. The minimum Gasteiger partial charge on any atom is -0.423 e. The highest BCUT2D eigenvalue weighted by molar-refractivity contribution is 5.69. The monoisotopic (exact) mass is 182 g/mol. The fraction of sp³-hybridized carbons (Fsp3) is 0.375. The van der Waals surface area contributed by atoms with E-state index in [4.69, 9.17) is 4.74 Å². The van der Waals surface area contributed by atoms with Crippen LogP contribution in [0.25, 0.3) is 0 Å². The molecular formula is C8H10N2O3. The zero-order valence-corrected chi connectivity index (χ0v) is 7.67. The smallest absolute Gasteiger partial charge is 0.345 e. The van der Waals surface area contributed by atoms with Gasteiger partial charge in [0, 0.05) is 6.92 Å². The van der Waals surface area contributed by atoms with Crippen LogP contribution >= 0.6 is 0 Å². The standard InChI is InChI=1S/C8H10N2O3/c1-4-7(13-6(3)11)5(2)10-8(12)9-4/h1-3H3,(H,9,10,12). The van der Waals surface area contributed by atoms with Crippen LogP contribution in [0.5, 0.6) is 5.75 Å². The van der Waals surface area contributed by atoms with Gasteiger partial charge in [-0.1, -0.05) is 0 Å². The second kappa shape index (κ2) is 3.38.